The zero-order valence-corrected chi connectivity index (χ0v) is 65.8. The number of fused-ring (bicyclic) bond motifs is 12. The highest BCUT2D eigenvalue weighted by Gasteiger charge is 2.48. The molecular formula is C116H78N4. The fourth-order valence-corrected chi connectivity index (χ4v) is 20.3. The van der Waals surface area contributed by atoms with E-state index in [0.29, 0.717) is 0 Å². The average Bonchev–Trinajstić information content (AvgIpc) is 1.53. The smallest absolute Gasteiger partial charge is 0.0714 e. The molecular weight excluding hydrogens is 1450 g/mol. The van der Waals surface area contributed by atoms with Crippen molar-refractivity contribution in [2.45, 2.75) is 10.8 Å². The lowest BCUT2D eigenvalue weighted by Crippen LogP contribution is -2.28. The summed E-state index contributed by atoms with van der Waals surface area (Å²) in [6, 6.07) is 175. The number of hydrogen-bond acceptors (Lipinski definition) is 2. The topological polar surface area (TPSA) is 16.3 Å². The molecule has 0 saturated heterocycles. The molecule has 4 nitrogen and oxygen atoms in total. The molecule has 0 bridgehead atoms. The lowest BCUT2D eigenvalue weighted by Gasteiger charge is -2.35. The van der Waals surface area contributed by atoms with Gasteiger partial charge in [0.2, 0.25) is 0 Å². The summed E-state index contributed by atoms with van der Waals surface area (Å²) in [6.07, 6.45) is 0. The van der Waals surface area contributed by atoms with Gasteiger partial charge >= 0.3 is 0 Å². The minimum absolute atomic E-state index is 0.517. The van der Waals surface area contributed by atoms with Crippen molar-refractivity contribution < 1.29 is 0 Å². The highest BCUT2D eigenvalue weighted by Crippen LogP contribution is 2.60. The molecule has 0 saturated carbocycles. The molecule has 120 heavy (non-hydrogen) atoms. The van der Waals surface area contributed by atoms with Crippen LogP contribution in [0.1, 0.15) is 44.5 Å². The minimum Gasteiger partial charge on any atom is -0.310 e. The Morgan fingerprint density at radius 1 is 0.167 bits per heavy atom. The Bertz CT molecular complexity index is 7400. The van der Waals surface area contributed by atoms with Gasteiger partial charge in [0.05, 0.1) is 32.9 Å². The number of para-hydroxylation sites is 4. The third-order valence-corrected chi connectivity index (χ3v) is 25.5. The molecule has 0 amide bonds. The maximum atomic E-state index is 2.45. The normalized spacial score (nSPS) is 12.8. The first-order chi connectivity index (χ1) is 59.5. The van der Waals surface area contributed by atoms with Gasteiger partial charge in [0.25, 0.3) is 0 Å². The lowest BCUT2D eigenvalue weighted by atomic mass is 9.67. The van der Waals surface area contributed by atoms with Gasteiger partial charge < -0.3 is 18.9 Å². The highest BCUT2D eigenvalue weighted by molar-refractivity contribution is 6.16. The van der Waals surface area contributed by atoms with E-state index < -0.39 is 10.8 Å². The molecule has 4 heteroatoms. The van der Waals surface area contributed by atoms with E-state index in [2.05, 4.69) is 492 Å². The molecule has 0 aliphatic heterocycles. The predicted octanol–water partition coefficient (Wildman–Crippen LogP) is 30.2. The van der Waals surface area contributed by atoms with Gasteiger partial charge in [0.15, 0.2) is 0 Å². The molecule has 21 aromatic rings. The molecule has 2 aliphatic carbocycles. The first-order valence-electron chi connectivity index (χ1n) is 41.5. The summed E-state index contributed by atoms with van der Waals surface area (Å²) in [7, 11) is 0. The number of nitrogens with zero attached hydrogens (tertiary/aromatic N) is 4. The molecule has 2 heterocycles. The van der Waals surface area contributed by atoms with E-state index in [9.17, 15) is 0 Å². The number of rotatable bonds is 16. The Hall–Kier alpha value is -15.6. The van der Waals surface area contributed by atoms with Crippen molar-refractivity contribution in [3.63, 3.8) is 0 Å². The third-order valence-electron chi connectivity index (χ3n) is 25.5. The Balaban J connectivity index is 0.543. The summed E-state index contributed by atoms with van der Waals surface area (Å²) < 4.78 is 4.88. The molecule has 0 N–H and O–H groups in total. The molecule has 23 rings (SSSR count). The van der Waals surface area contributed by atoms with Gasteiger partial charge in [-0.3, -0.25) is 0 Å². The zero-order chi connectivity index (χ0) is 79.2. The van der Waals surface area contributed by atoms with Crippen LogP contribution in [0.3, 0.4) is 0 Å². The van der Waals surface area contributed by atoms with Crippen LogP contribution in [0.2, 0.25) is 0 Å². The first-order valence-corrected chi connectivity index (χ1v) is 41.5. The molecule has 2 aromatic heterocycles. The molecule has 0 unspecified atom stereocenters. The van der Waals surface area contributed by atoms with Crippen LogP contribution in [0.4, 0.5) is 34.1 Å². The summed E-state index contributed by atoms with van der Waals surface area (Å²) in [5, 5.41) is 4.86. The van der Waals surface area contributed by atoms with Crippen molar-refractivity contribution in [2.24, 2.45) is 0 Å². The van der Waals surface area contributed by atoms with Gasteiger partial charge in [0.1, 0.15) is 0 Å². The molecule has 0 spiro atoms. The van der Waals surface area contributed by atoms with Crippen LogP contribution in [-0.4, -0.2) is 9.13 Å². The summed E-state index contributed by atoms with van der Waals surface area (Å²) in [5.74, 6) is 0. The number of hydrogen-bond donors (Lipinski definition) is 0. The Kier molecular flexibility index (Phi) is 16.7. The Labute approximate surface area is 698 Å². The number of aromatic nitrogens is 2. The average molecular weight is 1530 g/mol. The van der Waals surface area contributed by atoms with Crippen molar-refractivity contribution in [3.8, 4) is 78.1 Å². The lowest BCUT2D eigenvalue weighted by molar-refractivity contribution is 0.768. The van der Waals surface area contributed by atoms with Crippen LogP contribution in [0.25, 0.3) is 122 Å². The number of anilines is 6. The second-order valence-corrected chi connectivity index (χ2v) is 31.8. The first kappa shape index (κ1) is 69.8. The van der Waals surface area contributed by atoms with E-state index in [0.717, 1.165) is 101 Å². The van der Waals surface area contributed by atoms with Crippen molar-refractivity contribution in [2.75, 3.05) is 9.80 Å². The van der Waals surface area contributed by atoms with E-state index in [4.69, 9.17) is 0 Å². The predicted molar refractivity (Wildman–Crippen MR) is 501 cm³/mol. The van der Waals surface area contributed by atoms with Crippen LogP contribution < -0.4 is 9.80 Å². The molecule has 0 atom stereocenters. The van der Waals surface area contributed by atoms with Gasteiger partial charge in [-0.25, -0.2) is 0 Å². The van der Waals surface area contributed by atoms with E-state index >= 15 is 0 Å². The SMILES string of the molecule is c1ccc(N(c2ccc(-c3ccc(-n4c5ccccc5c5c(-c6cccc(-c7cccc(-n8c9ccccc9c9cc(-c%10ccc(N(c%11ccccc%11)c%11ccc%12c(c%11)C(c%11ccccc%11)(c%11ccccc%11)c%11ccccc%11-%12)cc%10)ccc98)c7)c6)cccc54)cc3)cc2)c2ccc3c(c2)C(c2ccccc2)(c2ccccc2)c2ccccc2-3)cc1. The van der Waals surface area contributed by atoms with E-state index in [1.807, 2.05) is 0 Å². The fourth-order valence-electron chi connectivity index (χ4n) is 20.3. The fraction of sp³-hybridized carbons (Fsp3) is 0.0172. The van der Waals surface area contributed by atoms with Crippen LogP contribution in [-0.2, 0) is 10.8 Å². The molecule has 19 aromatic carbocycles. The Morgan fingerprint density at radius 2 is 0.508 bits per heavy atom. The van der Waals surface area contributed by atoms with Gasteiger partial charge in [0, 0.05) is 67.0 Å². The van der Waals surface area contributed by atoms with Gasteiger partial charge in [-0.2, -0.15) is 0 Å². The quantitative estimate of drug-likeness (QED) is 0.0959. The van der Waals surface area contributed by atoms with Crippen LogP contribution in [0, 0.1) is 0 Å². The van der Waals surface area contributed by atoms with E-state index in [1.165, 1.54) is 99.4 Å². The molecule has 0 fully saturated rings. The maximum absolute atomic E-state index is 2.45. The molecule has 562 valence electrons. The van der Waals surface area contributed by atoms with Crippen molar-refractivity contribution in [3.05, 3.63) is 518 Å². The highest BCUT2D eigenvalue weighted by atomic mass is 15.1. The monoisotopic (exact) mass is 1530 g/mol. The maximum Gasteiger partial charge on any atom is 0.0714 e. The van der Waals surface area contributed by atoms with E-state index in [1.54, 1.807) is 0 Å². The van der Waals surface area contributed by atoms with Crippen molar-refractivity contribution in [1.82, 2.24) is 9.13 Å². The second kappa shape index (κ2) is 28.7. The number of benzene rings is 19. The van der Waals surface area contributed by atoms with Crippen LogP contribution >= 0.6 is 0 Å². The third kappa shape index (κ3) is 11.1. The summed E-state index contributed by atoms with van der Waals surface area (Å²) >= 11 is 0. The van der Waals surface area contributed by atoms with Crippen LogP contribution in [0.5, 0.6) is 0 Å². The zero-order valence-electron chi connectivity index (χ0n) is 65.8. The summed E-state index contributed by atoms with van der Waals surface area (Å²) in [6.45, 7) is 0. The van der Waals surface area contributed by atoms with Gasteiger partial charge in [-0.15, -0.1) is 0 Å². The van der Waals surface area contributed by atoms with Crippen molar-refractivity contribution in [1.29, 1.82) is 0 Å². The summed E-state index contributed by atoms with van der Waals surface area (Å²) in [5.41, 5.74) is 36.8. The molecule has 0 radical (unpaired) electrons. The minimum atomic E-state index is -0.521. The van der Waals surface area contributed by atoms with Gasteiger partial charge in [-0.05, 0) is 245 Å². The van der Waals surface area contributed by atoms with Crippen molar-refractivity contribution >= 4 is 77.7 Å². The summed E-state index contributed by atoms with van der Waals surface area (Å²) in [4.78, 5) is 4.81. The Morgan fingerprint density at radius 3 is 1.03 bits per heavy atom. The largest absolute Gasteiger partial charge is 0.310 e. The standard InChI is InChI=1S/C116H78N4/c1-7-33-86(34-8-1)115(87-35-9-2-10-36-87)106-51-23-19-46-99(106)101-71-69-96(77-108(101)115)117(90-41-15-5-16-42-90)92-63-56-79(57-64-92)80-58-67-94(68-59-80)119-111-54-26-22-49-104(111)114-98(50-29-55-113(114)119)85-32-27-30-82(74-85)83-31-28-45-95(75-83)120-110-53-25-21-48-103(110)105-76-84(62-73-112(105)120)81-60-65-93(66-61-81)118(91-43-17-6-18-44-91)97-70-72-102-100-47-20-24-52-107(100)116(109(102)78-97,88-37-11-3-12-38-88)89-39-13-4-14-40-89/h1-78H. The van der Waals surface area contributed by atoms with E-state index in [-0.39, 0.29) is 0 Å². The van der Waals surface area contributed by atoms with Crippen LogP contribution in [0.15, 0.2) is 473 Å². The van der Waals surface area contributed by atoms with Gasteiger partial charge in [-0.1, -0.05) is 340 Å². The molecule has 2 aliphatic rings. The second-order valence-electron chi connectivity index (χ2n) is 31.8.